The van der Waals surface area contributed by atoms with Crippen LogP contribution < -0.4 is 11.1 Å². The zero-order chi connectivity index (χ0) is 13.2. The van der Waals surface area contributed by atoms with Crippen LogP contribution in [-0.2, 0) is 11.2 Å². The van der Waals surface area contributed by atoms with E-state index in [1.165, 1.54) is 0 Å². The van der Waals surface area contributed by atoms with Gasteiger partial charge in [-0.25, -0.2) is 0 Å². The molecule has 1 rings (SSSR count). The van der Waals surface area contributed by atoms with Crippen LogP contribution in [-0.4, -0.2) is 16.2 Å². The minimum absolute atomic E-state index is 0.161. The molecule has 3 N–H and O–H groups in total. The fraction of sp³-hybridized carbons (Fsp3) is 0.545. The second-order valence-corrected chi connectivity index (χ2v) is 5.53. The Morgan fingerprint density at radius 3 is 2.41 bits per heavy atom. The molecular formula is C11H17N3O2S. The number of hydrogen-bond acceptors (Lipinski definition) is 4. The number of amides is 2. The molecule has 0 aliphatic rings. The first-order chi connectivity index (χ1) is 7.77. The molecule has 5 nitrogen and oxygen atoms in total. The smallest absolute Gasteiger partial charge is 0.253 e. The van der Waals surface area contributed by atoms with Crippen LogP contribution in [0.25, 0.3) is 0 Å². The number of anilines is 1. The summed E-state index contributed by atoms with van der Waals surface area (Å²) in [7, 11) is 0. The maximum absolute atomic E-state index is 11.8. The summed E-state index contributed by atoms with van der Waals surface area (Å²) in [5.74, 6) is -0.717. The molecule has 17 heavy (non-hydrogen) atoms. The van der Waals surface area contributed by atoms with Crippen LogP contribution >= 0.6 is 11.5 Å². The molecule has 94 valence electrons. The van der Waals surface area contributed by atoms with Crippen LogP contribution in [0.4, 0.5) is 5.00 Å². The lowest BCUT2D eigenvalue weighted by Gasteiger charge is -2.16. The zero-order valence-electron chi connectivity index (χ0n) is 10.5. The summed E-state index contributed by atoms with van der Waals surface area (Å²) in [5, 5.41) is 3.14. The second kappa shape index (κ2) is 4.83. The van der Waals surface area contributed by atoms with Gasteiger partial charge >= 0.3 is 0 Å². The van der Waals surface area contributed by atoms with Gasteiger partial charge in [-0.3, -0.25) is 9.59 Å². The first-order valence-electron chi connectivity index (χ1n) is 5.37. The number of aryl methyl sites for hydroxylation is 1. The molecule has 1 aromatic rings. The summed E-state index contributed by atoms with van der Waals surface area (Å²) in [6, 6.07) is 0. The molecule has 0 atom stereocenters. The minimum atomic E-state index is -0.556. The van der Waals surface area contributed by atoms with E-state index in [0.717, 1.165) is 11.5 Å². The highest BCUT2D eigenvalue weighted by atomic mass is 32.1. The molecule has 0 aromatic carbocycles. The van der Waals surface area contributed by atoms with E-state index < -0.39 is 11.3 Å². The van der Waals surface area contributed by atoms with E-state index in [4.69, 9.17) is 5.73 Å². The van der Waals surface area contributed by atoms with Crippen LogP contribution in [0.15, 0.2) is 0 Å². The van der Waals surface area contributed by atoms with E-state index in [2.05, 4.69) is 9.69 Å². The molecule has 1 aromatic heterocycles. The van der Waals surface area contributed by atoms with Crippen molar-refractivity contribution in [2.24, 2.45) is 11.1 Å². The number of carbonyl (C=O) groups excluding carboxylic acids is 2. The quantitative estimate of drug-likeness (QED) is 0.863. The predicted molar refractivity (Wildman–Crippen MR) is 68.1 cm³/mol. The third-order valence-electron chi connectivity index (χ3n) is 2.25. The highest BCUT2D eigenvalue weighted by molar-refractivity contribution is 7.11. The highest BCUT2D eigenvalue weighted by Crippen LogP contribution is 2.27. The van der Waals surface area contributed by atoms with Crippen molar-refractivity contribution >= 4 is 28.3 Å². The predicted octanol–water partition coefficient (Wildman–Crippen LogP) is 1.79. The maximum Gasteiger partial charge on any atom is 0.253 e. The average Bonchev–Trinajstić information content (AvgIpc) is 2.59. The van der Waals surface area contributed by atoms with Gasteiger partial charge in [-0.05, 0) is 18.0 Å². The summed E-state index contributed by atoms with van der Waals surface area (Å²) in [5.41, 5.74) is 5.73. The molecule has 0 saturated heterocycles. The first-order valence-corrected chi connectivity index (χ1v) is 6.14. The van der Waals surface area contributed by atoms with E-state index in [1.807, 2.05) is 6.92 Å². The topological polar surface area (TPSA) is 85.1 Å². The molecular weight excluding hydrogens is 238 g/mol. The van der Waals surface area contributed by atoms with Crippen molar-refractivity contribution in [1.82, 2.24) is 4.37 Å². The van der Waals surface area contributed by atoms with Crippen molar-refractivity contribution in [2.75, 3.05) is 5.32 Å². The van der Waals surface area contributed by atoms with Gasteiger partial charge in [0.1, 0.15) is 5.00 Å². The van der Waals surface area contributed by atoms with Gasteiger partial charge in [-0.2, -0.15) is 4.37 Å². The lowest BCUT2D eigenvalue weighted by molar-refractivity contribution is -0.123. The first kappa shape index (κ1) is 13.6. The molecule has 0 unspecified atom stereocenters. The number of nitrogens with zero attached hydrogens (tertiary/aromatic N) is 1. The molecule has 0 radical (unpaired) electrons. The van der Waals surface area contributed by atoms with Crippen LogP contribution in [0.2, 0.25) is 0 Å². The number of aromatic nitrogens is 1. The van der Waals surface area contributed by atoms with Crippen molar-refractivity contribution in [3.8, 4) is 0 Å². The second-order valence-electron chi connectivity index (χ2n) is 4.76. The molecule has 0 saturated carbocycles. The van der Waals surface area contributed by atoms with E-state index in [-0.39, 0.29) is 5.91 Å². The van der Waals surface area contributed by atoms with Gasteiger partial charge in [0.25, 0.3) is 5.91 Å². The molecule has 0 fully saturated rings. The van der Waals surface area contributed by atoms with Crippen molar-refractivity contribution in [3.05, 3.63) is 11.3 Å². The van der Waals surface area contributed by atoms with Crippen LogP contribution in [0.1, 0.15) is 43.7 Å². The number of nitrogens with one attached hydrogen (secondary N) is 1. The molecule has 1 heterocycles. The third-order valence-corrected chi connectivity index (χ3v) is 3.05. The van der Waals surface area contributed by atoms with Crippen molar-refractivity contribution < 1.29 is 9.59 Å². The lowest BCUT2D eigenvalue weighted by Crippen LogP contribution is -2.28. The van der Waals surface area contributed by atoms with Gasteiger partial charge < -0.3 is 11.1 Å². The standard InChI is InChI=1S/C11H17N3O2S/c1-5-6-7(8(12)15)9(17-14-6)13-10(16)11(2,3)4/h5H2,1-4H3,(H2,12,15)(H,13,16). The number of rotatable bonds is 3. The van der Waals surface area contributed by atoms with Crippen molar-refractivity contribution in [3.63, 3.8) is 0 Å². The van der Waals surface area contributed by atoms with E-state index in [0.29, 0.717) is 22.7 Å². The van der Waals surface area contributed by atoms with E-state index in [9.17, 15) is 9.59 Å². The normalized spacial score (nSPS) is 11.3. The van der Waals surface area contributed by atoms with Crippen LogP contribution in [0.5, 0.6) is 0 Å². The monoisotopic (exact) mass is 255 g/mol. The molecule has 0 aliphatic heterocycles. The van der Waals surface area contributed by atoms with Gasteiger partial charge in [0.15, 0.2) is 0 Å². The average molecular weight is 255 g/mol. The third kappa shape index (κ3) is 3.03. The minimum Gasteiger partial charge on any atom is -0.365 e. The van der Waals surface area contributed by atoms with Crippen LogP contribution in [0.3, 0.4) is 0 Å². The molecule has 0 bridgehead atoms. The van der Waals surface area contributed by atoms with Crippen LogP contribution in [0, 0.1) is 5.41 Å². The molecule has 0 aliphatic carbocycles. The Morgan fingerprint density at radius 2 is 2.00 bits per heavy atom. The van der Waals surface area contributed by atoms with Gasteiger partial charge in [-0.15, -0.1) is 0 Å². The summed E-state index contributed by atoms with van der Waals surface area (Å²) >= 11 is 1.09. The van der Waals surface area contributed by atoms with Crippen molar-refractivity contribution in [2.45, 2.75) is 34.1 Å². The number of nitrogens with two attached hydrogens (primary N) is 1. The Morgan fingerprint density at radius 1 is 1.41 bits per heavy atom. The maximum atomic E-state index is 11.8. The Labute approximate surface area is 105 Å². The summed E-state index contributed by atoms with van der Waals surface area (Å²) in [6.07, 6.45) is 0.611. The summed E-state index contributed by atoms with van der Waals surface area (Å²) < 4.78 is 4.12. The zero-order valence-corrected chi connectivity index (χ0v) is 11.3. The Kier molecular flexibility index (Phi) is 3.87. The number of primary amides is 1. The van der Waals surface area contributed by atoms with E-state index >= 15 is 0 Å². The lowest BCUT2D eigenvalue weighted by atomic mass is 9.96. The van der Waals surface area contributed by atoms with Gasteiger partial charge in [0.2, 0.25) is 5.91 Å². The Hall–Kier alpha value is -1.43. The molecule has 0 spiro atoms. The summed E-state index contributed by atoms with van der Waals surface area (Å²) in [4.78, 5) is 23.2. The molecule has 6 heteroatoms. The highest BCUT2D eigenvalue weighted by Gasteiger charge is 2.25. The Bertz CT molecular complexity index is 446. The molecule has 2 amide bonds. The number of hydrogen-bond donors (Lipinski definition) is 2. The summed E-state index contributed by atoms with van der Waals surface area (Å²) in [6.45, 7) is 7.28. The fourth-order valence-electron chi connectivity index (χ4n) is 1.19. The van der Waals surface area contributed by atoms with Gasteiger partial charge in [0, 0.05) is 5.41 Å². The van der Waals surface area contributed by atoms with E-state index in [1.54, 1.807) is 20.8 Å². The SMILES string of the molecule is CCc1nsc(NC(=O)C(C)(C)C)c1C(N)=O. The Balaban J connectivity index is 3.04. The van der Waals surface area contributed by atoms with Gasteiger partial charge in [0.05, 0.1) is 11.3 Å². The number of carbonyl (C=O) groups is 2. The largest absolute Gasteiger partial charge is 0.365 e. The fourth-order valence-corrected chi connectivity index (χ4v) is 2.06. The van der Waals surface area contributed by atoms with Gasteiger partial charge in [-0.1, -0.05) is 27.7 Å². The van der Waals surface area contributed by atoms with Crippen molar-refractivity contribution in [1.29, 1.82) is 0 Å².